The summed E-state index contributed by atoms with van der Waals surface area (Å²) < 4.78 is 21.8. The number of benzene rings is 1. The topological polar surface area (TPSA) is 96.0 Å². The highest BCUT2D eigenvalue weighted by molar-refractivity contribution is 7.93. The lowest BCUT2D eigenvalue weighted by atomic mass is 10.1. The number of hydrogen-bond donors (Lipinski definition) is 2. The normalized spacial score (nSPS) is 13.3. The largest absolute Gasteiger partial charge is 0.293 e. The average Bonchev–Trinajstić information content (AvgIpc) is 2.96. The summed E-state index contributed by atoms with van der Waals surface area (Å²) in [6, 6.07) is 9.97. The molecule has 0 unspecified atom stereocenters. The molecule has 0 saturated carbocycles. The Balaban J connectivity index is 2.04. The van der Waals surface area contributed by atoms with E-state index in [4.69, 9.17) is 11.4 Å². The molecule has 0 aliphatic carbocycles. The summed E-state index contributed by atoms with van der Waals surface area (Å²) in [5, 5.41) is 2.67. The van der Waals surface area contributed by atoms with Gasteiger partial charge in [0.2, 0.25) is 0 Å². The van der Waals surface area contributed by atoms with E-state index in [1.165, 1.54) is 10.9 Å². The van der Waals surface area contributed by atoms with Crippen LogP contribution in [0.25, 0.3) is 21.8 Å². The van der Waals surface area contributed by atoms with Crippen molar-refractivity contribution in [1.82, 2.24) is 14.8 Å². The van der Waals surface area contributed by atoms with Gasteiger partial charge >= 0.3 is 0 Å². The van der Waals surface area contributed by atoms with Crippen molar-refractivity contribution in [2.24, 2.45) is 0 Å². The summed E-state index contributed by atoms with van der Waals surface area (Å²) in [6.45, 7) is 12.3. The number of nitrogens with one attached hydrogen (secondary N) is 2. The smallest absolute Gasteiger partial charge is 0.280 e. The van der Waals surface area contributed by atoms with Crippen molar-refractivity contribution in [3.63, 3.8) is 0 Å². The molecule has 27 heavy (non-hydrogen) atoms. The second-order valence-corrected chi connectivity index (χ2v) is 9.03. The van der Waals surface area contributed by atoms with Gasteiger partial charge in [-0.1, -0.05) is 24.3 Å². The van der Waals surface area contributed by atoms with Crippen molar-refractivity contribution in [1.29, 1.82) is 4.78 Å². The van der Waals surface area contributed by atoms with E-state index in [0.717, 1.165) is 0 Å². The Bertz CT molecular complexity index is 1180. The Hall–Kier alpha value is -3.18. The van der Waals surface area contributed by atoms with Gasteiger partial charge in [-0.25, -0.2) is 23.5 Å². The lowest BCUT2D eigenvalue weighted by molar-refractivity contribution is 0.666. The summed E-state index contributed by atoms with van der Waals surface area (Å²) in [7, 11) is -2.92. The van der Waals surface area contributed by atoms with Crippen LogP contribution >= 0.6 is 0 Å². The molecule has 2 aromatic heterocycles. The van der Waals surface area contributed by atoms with Gasteiger partial charge in [-0.2, -0.15) is 0 Å². The molecule has 0 fully saturated rings. The Morgan fingerprint density at radius 1 is 1.22 bits per heavy atom. The highest BCUT2D eigenvalue weighted by Gasteiger charge is 2.18. The third-order valence-electron chi connectivity index (χ3n) is 4.32. The van der Waals surface area contributed by atoms with Gasteiger partial charge in [0, 0.05) is 17.1 Å². The Labute approximate surface area is 157 Å². The van der Waals surface area contributed by atoms with Crippen molar-refractivity contribution >= 4 is 15.4 Å². The minimum Gasteiger partial charge on any atom is -0.293 e. The summed E-state index contributed by atoms with van der Waals surface area (Å²) in [5.74, 6) is 0.356. The zero-order chi connectivity index (χ0) is 19.8. The Kier molecular flexibility index (Phi) is 4.72. The molecule has 138 valence electrons. The highest BCUT2D eigenvalue weighted by atomic mass is 32.2. The summed E-state index contributed by atoms with van der Waals surface area (Å²) >= 11 is 0. The van der Waals surface area contributed by atoms with Crippen LogP contribution in [0.3, 0.4) is 0 Å². The number of aromatic amines is 1. The predicted octanol–water partition coefficient (Wildman–Crippen LogP) is 3.90. The number of hydrogen-bond acceptors (Lipinski definition) is 4. The predicted molar refractivity (Wildman–Crippen MR) is 105 cm³/mol. The first-order valence-electron chi connectivity index (χ1n) is 8.29. The van der Waals surface area contributed by atoms with E-state index < -0.39 is 9.73 Å². The van der Waals surface area contributed by atoms with E-state index >= 15 is 0 Å². The van der Waals surface area contributed by atoms with E-state index in [1.54, 1.807) is 57.2 Å². The fourth-order valence-electron chi connectivity index (χ4n) is 2.71. The van der Waals surface area contributed by atoms with Crippen molar-refractivity contribution in [2.45, 2.75) is 30.9 Å². The van der Waals surface area contributed by atoms with Crippen LogP contribution < -0.4 is 5.56 Å². The Morgan fingerprint density at radius 2 is 1.89 bits per heavy atom. The maximum absolute atomic E-state index is 12.9. The number of pyridine rings is 1. The molecule has 3 aromatic rings. The lowest BCUT2D eigenvalue weighted by Gasteiger charge is -2.11. The van der Waals surface area contributed by atoms with E-state index in [9.17, 15) is 9.00 Å². The first-order valence-corrected chi connectivity index (χ1v) is 9.91. The molecule has 7 nitrogen and oxygen atoms in total. The van der Waals surface area contributed by atoms with Gasteiger partial charge in [0.25, 0.3) is 5.56 Å². The van der Waals surface area contributed by atoms with Gasteiger partial charge in [0.1, 0.15) is 0 Å². The van der Waals surface area contributed by atoms with Gasteiger partial charge < -0.3 is 0 Å². The van der Waals surface area contributed by atoms with Gasteiger partial charge in [-0.15, -0.1) is 0 Å². The van der Waals surface area contributed by atoms with Crippen LogP contribution in [0.4, 0.5) is 5.69 Å². The van der Waals surface area contributed by atoms with E-state index in [1.807, 2.05) is 0 Å². The maximum Gasteiger partial charge on any atom is 0.280 e. The van der Waals surface area contributed by atoms with Crippen LogP contribution in [0.15, 0.2) is 52.3 Å². The second kappa shape index (κ2) is 6.85. The summed E-state index contributed by atoms with van der Waals surface area (Å²) in [4.78, 5) is 20.8. The van der Waals surface area contributed by atoms with Crippen molar-refractivity contribution < 1.29 is 4.21 Å². The lowest BCUT2D eigenvalue weighted by Crippen LogP contribution is -2.18. The van der Waals surface area contributed by atoms with Crippen molar-refractivity contribution in [3.8, 4) is 16.9 Å². The van der Waals surface area contributed by atoms with Crippen molar-refractivity contribution in [2.75, 3.05) is 0 Å². The van der Waals surface area contributed by atoms with E-state index in [2.05, 4.69) is 14.9 Å². The number of aromatic nitrogens is 3. The fourth-order valence-corrected chi connectivity index (χ4v) is 3.73. The minimum atomic E-state index is -2.92. The van der Waals surface area contributed by atoms with Crippen LogP contribution in [-0.4, -0.2) is 24.2 Å². The summed E-state index contributed by atoms with van der Waals surface area (Å²) in [6.07, 6.45) is 1.39. The number of nitrogens with zero attached hydrogens (tertiary/aromatic N) is 3. The van der Waals surface area contributed by atoms with Crippen LogP contribution in [0, 0.1) is 18.3 Å². The van der Waals surface area contributed by atoms with Crippen LogP contribution in [0.2, 0.25) is 0 Å². The molecule has 0 saturated heterocycles. The van der Waals surface area contributed by atoms with Crippen LogP contribution in [0.5, 0.6) is 0 Å². The molecule has 0 aliphatic heterocycles. The van der Waals surface area contributed by atoms with Gasteiger partial charge in [-0.05, 0) is 38.5 Å². The van der Waals surface area contributed by atoms with Crippen LogP contribution in [-0.2, 0) is 9.73 Å². The number of H-pyrrole nitrogens is 1. The fraction of sp³-hybridized carbons (Fsp3) is 0.211. The molecule has 1 aromatic carbocycles. The van der Waals surface area contributed by atoms with Crippen LogP contribution in [0.1, 0.15) is 19.5 Å². The number of rotatable bonds is 4. The molecule has 1 atom stereocenters. The van der Waals surface area contributed by atoms with E-state index in [-0.39, 0.29) is 10.8 Å². The van der Waals surface area contributed by atoms with E-state index in [0.29, 0.717) is 33.2 Å². The van der Waals surface area contributed by atoms with Crippen molar-refractivity contribution in [3.05, 3.63) is 70.1 Å². The molecular formula is C19H19N5O2S. The molecule has 0 amide bonds. The summed E-state index contributed by atoms with van der Waals surface area (Å²) in [5.41, 5.74) is 2.13. The SMILES string of the molecule is [C-]#[N+]c1ccc(-c2c(C)[nH]n(-c3ccc([S@@](=N)(=O)C(C)C)cn3)c2=O)cc1. The first kappa shape index (κ1) is 18.6. The molecule has 0 radical (unpaired) electrons. The second-order valence-electron chi connectivity index (χ2n) is 6.41. The molecule has 2 heterocycles. The van der Waals surface area contributed by atoms with Gasteiger partial charge in [0.15, 0.2) is 11.5 Å². The minimum absolute atomic E-state index is 0.265. The monoisotopic (exact) mass is 381 g/mol. The zero-order valence-electron chi connectivity index (χ0n) is 15.2. The third-order valence-corrected chi connectivity index (χ3v) is 6.59. The molecule has 0 aliphatic rings. The zero-order valence-corrected chi connectivity index (χ0v) is 16.0. The Morgan fingerprint density at radius 3 is 2.41 bits per heavy atom. The third kappa shape index (κ3) is 3.29. The highest BCUT2D eigenvalue weighted by Crippen LogP contribution is 2.23. The maximum atomic E-state index is 12.9. The molecule has 8 heteroatoms. The molecule has 3 rings (SSSR count). The van der Waals surface area contributed by atoms with Gasteiger partial charge in [0.05, 0.1) is 26.8 Å². The standard InChI is InChI=1S/C19H19N5O2S/c1-12(2)27(20,26)16-9-10-17(22-11-16)24-19(25)18(13(3)23-24)14-5-7-15(21-4)8-6-14/h5-12,20,23H,1-3H3/t27-/m0/s1. The molecule has 0 bridgehead atoms. The first-order chi connectivity index (χ1) is 12.8. The van der Waals surface area contributed by atoms with Gasteiger partial charge in [-0.3, -0.25) is 9.89 Å². The quantitative estimate of drug-likeness (QED) is 0.671. The number of aryl methyl sites for hydroxylation is 1. The average molecular weight is 381 g/mol. The molecule has 0 spiro atoms. The molecule has 2 N–H and O–H groups in total. The molecular weight excluding hydrogens is 362 g/mol.